The number of benzene rings is 4. The van der Waals surface area contributed by atoms with Gasteiger partial charge in [-0.25, -0.2) is 9.59 Å². The highest BCUT2D eigenvalue weighted by molar-refractivity contribution is 6.33. The van der Waals surface area contributed by atoms with E-state index in [-0.39, 0.29) is 25.5 Å². The molecule has 242 valence electrons. The van der Waals surface area contributed by atoms with Gasteiger partial charge in [0.25, 0.3) is 0 Å². The average Bonchev–Trinajstić information content (AvgIpc) is 3.40. The Balaban J connectivity index is 1.38. The number of hydrogen-bond donors (Lipinski definition) is 2. The smallest absolute Gasteiger partial charge is 0.488 e. The number of halogens is 4. The third-order valence-corrected chi connectivity index (χ3v) is 7.86. The summed E-state index contributed by atoms with van der Waals surface area (Å²) in [6.07, 6.45) is -5.55. The summed E-state index contributed by atoms with van der Waals surface area (Å²) in [4.78, 5) is 25.2. The number of aliphatic carboxylic acids is 1. The normalized spacial score (nSPS) is 14.3. The number of nitrogens with one attached hydrogen (secondary N) is 1. The molecule has 1 atom stereocenters. The largest absolute Gasteiger partial charge is 0.573 e. The van der Waals surface area contributed by atoms with Crippen LogP contribution in [0.4, 0.5) is 23.7 Å². The number of anilines is 1. The fourth-order valence-corrected chi connectivity index (χ4v) is 5.31. The Kier molecular flexibility index (Phi) is 9.77. The molecule has 0 bridgehead atoms. The van der Waals surface area contributed by atoms with Crippen LogP contribution in [0, 0.1) is 18.3 Å². The standard InChI is InChI=1S/C34H27ClF3N3O6/c1-20-24(3-2-4-27(20)23-9-11-26(12-10-23)47-34(36,37)38)16-40-29-14-31(45-18-22-7-5-21(15-39)6-8-22)25(13-28(29)35)17-41-30(32(42)43)19-46-33(41)44/h2-14,30,40H,16-19H2,1H3,(H,42,43)/t30-/m1/s1. The first kappa shape index (κ1) is 33.0. The van der Waals surface area contributed by atoms with E-state index in [9.17, 15) is 27.9 Å². The lowest BCUT2D eigenvalue weighted by Crippen LogP contribution is -2.38. The number of nitrogens with zero attached hydrogens (tertiary/aromatic N) is 2. The molecule has 1 fully saturated rings. The van der Waals surface area contributed by atoms with Crippen LogP contribution in [0.2, 0.25) is 5.02 Å². The Bertz CT molecular complexity index is 1830. The van der Waals surface area contributed by atoms with Crippen LogP contribution in [-0.2, 0) is 29.2 Å². The second kappa shape index (κ2) is 13.9. The fraction of sp³-hybridized carbons (Fsp3) is 0.206. The van der Waals surface area contributed by atoms with Crippen LogP contribution in [0.1, 0.15) is 27.8 Å². The van der Waals surface area contributed by atoms with E-state index in [0.29, 0.717) is 39.7 Å². The maximum absolute atomic E-state index is 12.6. The Morgan fingerprint density at radius 3 is 2.49 bits per heavy atom. The predicted molar refractivity (Wildman–Crippen MR) is 166 cm³/mol. The molecule has 9 nitrogen and oxygen atoms in total. The molecule has 0 saturated carbocycles. The minimum atomic E-state index is -4.78. The number of amides is 1. The third kappa shape index (κ3) is 8.06. The van der Waals surface area contributed by atoms with Crippen molar-refractivity contribution in [2.45, 2.75) is 39.0 Å². The summed E-state index contributed by atoms with van der Waals surface area (Å²) in [5.41, 5.74) is 5.53. The lowest BCUT2D eigenvalue weighted by molar-refractivity contribution is -0.274. The van der Waals surface area contributed by atoms with Crippen LogP contribution in [-0.4, -0.2) is 41.1 Å². The fourth-order valence-electron chi connectivity index (χ4n) is 5.05. The molecule has 0 radical (unpaired) electrons. The van der Waals surface area contributed by atoms with Gasteiger partial charge in [0.15, 0.2) is 6.04 Å². The summed E-state index contributed by atoms with van der Waals surface area (Å²) in [5.74, 6) is -1.17. The number of carboxylic acid groups (broad SMARTS) is 1. The SMILES string of the molecule is Cc1c(CNc2cc(OCc3ccc(C#N)cc3)c(CN3C(=O)OC[C@@H]3C(=O)O)cc2Cl)cccc1-c1ccc(OC(F)(F)F)cc1. The molecule has 1 aliphatic rings. The lowest BCUT2D eigenvalue weighted by Gasteiger charge is -2.22. The van der Waals surface area contributed by atoms with Gasteiger partial charge in [-0.05, 0) is 65.1 Å². The Morgan fingerprint density at radius 2 is 1.83 bits per heavy atom. The van der Waals surface area contributed by atoms with Crippen LogP contribution in [0.3, 0.4) is 0 Å². The van der Waals surface area contributed by atoms with Gasteiger partial charge in [0.1, 0.15) is 24.7 Å². The van der Waals surface area contributed by atoms with Crippen molar-refractivity contribution in [2.75, 3.05) is 11.9 Å². The van der Waals surface area contributed by atoms with Gasteiger partial charge in [-0.15, -0.1) is 13.2 Å². The van der Waals surface area contributed by atoms with Crippen molar-refractivity contribution in [3.05, 3.63) is 112 Å². The van der Waals surface area contributed by atoms with Gasteiger partial charge in [-0.2, -0.15) is 5.26 Å². The number of hydrogen-bond acceptors (Lipinski definition) is 7. The van der Waals surface area contributed by atoms with Gasteiger partial charge in [-0.1, -0.05) is 54.1 Å². The molecule has 1 aliphatic heterocycles. The number of carboxylic acids is 1. The second-order valence-corrected chi connectivity index (χ2v) is 11.0. The highest BCUT2D eigenvalue weighted by atomic mass is 35.5. The van der Waals surface area contributed by atoms with E-state index in [1.165, 1.54) is 12.1 Å². The molecular formula is C34H27ClF3N3O6. The zero-order chi connectivity index (χ0) is 33.7. The molecule has 0 aliphatic carbocycles. The van der Waals surface area contributed by atoms with Crippen molar-refractivity contribution in [1.82, 2.24) is 4.90 Å². The second-order valence-electron chi connectivity index (χ2n) is 10.6. The molecule has 0 spiro atoms. The first-order chi connectivity index (χ1) is 22.4. The van der Waals surface area contributed by atoms with E-state index in [2.05, 4.69) is 16.1 Å². The highest BCUT2D eigenvalue weighted by Crippen LogP contribution is 2.35. The zero-order valence-electron chi connectivity index (χ0n) is 24.8. The third-order valence-electron chi connectivity index (χ3n) is 7.54. The van der Waals surface area contributed by atoms with Crippen molar-refractivity contribution in [3.8, 4) is 28.7 Å². The maximum atomic E-state index is 12.6. The summed E-state index contributed by atoms with van der Waals surface area (Å²) in [5, 5.41) is 22.3. The Labute approximate surface area is 272 Å². The van der Waals surface area contributed by atoms with E-state index in [1.807, 2.05) is 25.1 Å². The van der Waals surface area contributed by atoms with E-state index < -0.39 is 24.5 Å². The van der Waals surface area contributed by atoms with Gasteiger partial charge >= 0.3 is 18.4 Å². The summed E-state index contributed by atoms with van der Waals surface area (Å²) < 4.78 is 52.8. The molecule has 1 saturated heterocycles. The Hall–Kier alpha value is -5.41. The molecular weight excluding hydrogens is 639 g/mol. The Morgan fingerprint density at radius 1 is 1.11 bits per heavy atom. The molecule has 0 unspecified atom stereocenters. The number of alkyl halides is 3. The molecule has 1 amide bonds. The van der Waals surface area contributed by atoms with E-state index in [1.54, 1.807) is 48.5 Å². The number of ether oxygens (including phenoxy) is 3. The predicted octanol–water partition coefficient (Wildman–Crippen LogP) is 7.68. The number of carbonyl (C=O) groups excluding carboxylic acids is 1. The van der Waals surface area contributed by atoms with Crippen molar-refractivity contribution in [2.24, 2.45) is 0 Å². The number of rotatable bonds is 11. The zero-order valence-corrected chi connectivity index (χ0v) is 25.6. The summed E-state index contributed by atoms with van der Waals surface area (Å²) in [7, 11) is 0. The maximum Gasteiger partial charge on any atom is 0.573 e. The van der Waals surface area contributed by atoms with Crippen molar-refractivity contribution < 1.29 is 42.1 Å². The van der Waals surface area contributed by atoms with Crippen LogP contribution in [0.5, 0.6) is 11.5 Å². The van der Waals surface area contributed by atoms with Gasteiger partial charge in [0.05, 0.1) is 28.9 Å². The molecule has 2 N–H and O–H groups in total. The summed E-state index contributed by atoms with van der Waals surface area (Å²) in [6.45, 7) is 1.92. The van der Waals surface area contributed by atoms with E-state index in [0.717, 1.165) is 27.2 Å². The number of cyclic esters (lactones) is 1. The molecule has 0 aromatic heterocycles. The molecule has 1 heterocycles. The molecule has 5 rings (SSSR count). The topological polar surface area (TPSA) is 121 Å². The van der Waals surface area contributed by atoms with Gasteiger partial charge in [0.2, 0.25) is 0 Å². The first-order valence-electron chi connectivity index (χ1n) is 14.2. The van der Waals surface area contributed by atoms with Crippen LogP contribution < -0.4 is 14.8 Å². The van der Waals surface area contributed by atoms with Crippen LogP contribution >= 0.6 is 11.6 Å². The molecule has 47 heavy (non-hydrogen) atoms. The lowest BCUT2D eigenvalue weighted by atomic mass is 9.96. The molecule has 4 aromatic carbocycles. The van der Waals surface area contributed by atoms with Gasteiger partial charge in [-0.3, -0.25) is 4.90 Å². The first-order valence-corrected chi connectivity index (χ1v) is 14.6. The van der Waals surface area contributed by atoms with E-state index >= 15 is 0 Å². The highest BCUT2D eigenvalue weighted by Gasteiger charge is 2.38. The summed E-state index contributed by atoms with van der Waals surface area (Å²) >= 11 is 6.67. The van der Waals surface area contributed by atoms with Gasteiger partial charge in [0, 0.05) is 18.2 Å². The quantitative estimate of drug-likeness (QED) is 0.167. The average molecular weight is 666 g/mol. The number of carbonyl (C=O) groups is 2. The summed E-state index contributed by atoms with van der Waals surface area (Å²) in [6, 6.07) is 22.2. The monoisotopic (exact) mass is 665 g/mol. The molecule has 13 heteroatoms. The number of nitriles is 1. The van der Waals surface area contributed by atoms with Crippen molar-refractivity contribution in [1.29, 1.82) is 5.26 Å². The van der Waals surface area contributed by atoms with Crippen LogP contribution in [0.15, 0.2) is 78.9 Å². The van der Waals surface area contributed by atoms with Crippen LogP contribution in [0.25, 0.3) is 11.1 Å². The minimum Gasteiger partial charge on any atom is -0.488 e. The molecule has 4 aromatic rings. The van der Waals surface area contributed by atoms with Crippen molar-refractivity contribution in [3.63, 3.8) is 0 Å². The minimum absolute atomic E-state index is 0.112. The van der Waals surface area contributed by atoms with Crippen molar-refractivity contribution >= 4 is 29.4 Å². The van der Waals surface area contributed by atoms with E-state index in [4.69, 9.17) is 26.3 Å². The van der Waals surface area contributed by atoms with Gasteiger partial charge < -0.3 is 24.6 Å².